The Morgan fingerprint density at radius 2 is 1.38 bits per heavy atom. The third-order valence-corrected chi connectivity index (χ3v) is 4.86. The Morgan fingerprint density at radius 1 is 0.792 bits per heavy atom. The molecular weight excluding hydrogens is 318 g/mol. The van der Waals surface area contributed by atoms with Gasteiger partial charge in [0.15, 0.2) is 12.6 Å². The minimum atomic E-state index is -0.813. The smallest absolute Gasteiger partial charge is 0.183 e. The molecule has 0 aromatic heterocycles. The third kappa shape index (κ3) is 4.86. The molecule has 2 heterocycles. The second-order valence-electron chi connectivity index (χ2n) is 7.10. The van der Waals surface area contributed by atoms with E-state index in [-0.39, 0.29) is 37.9 Å². The van der Waals surface area contributed by atoms with Gasteiger partial charge < -0.3 is 40.0 Å². The zero-order valence-corrected chi connectivity index (χ0v) is 13.8. The highest BCUT2D eigenvalue weighted by Gasteiger charge is 2.36. The van der Waals surface area contributed by atoms with Crippen molar-refractivity contribution in [2.75, 3.05) is 13.2 Å². The van der Waals surface area contributed by atoms with Gasteiger partial charge in [0.25, 0.3) is 0 Å². The number of hydrogen-bond acceptors (Lipinski definition) is 8. The normalized spacial score (nSPS) is 47.5. The summed E-state index contributed by atoms with van der Waals surface area (Å²) in [5.41, 5.74) is 5.98. The van der Waals surface area contributed by atoms with Crippen LogP contribution in [0.5, 0.6) is 0 Å². The number of rotatable bonds is 4. The molecule has 5 N–H and O–H groups in total. The molecule has 24 heavy (non-hydrogen) atoms. The van der Waals surface area contributed by atoms with E-state index in [9.17, 15) is 15.3 Å². The van der Waals surface area contributed by atoms with E-state index in [0.717, 1.165) is 19.3 Å². The largest absolute Gasteiger partial charge is 0.391 e. The second kappa shape index (κ2) is 8.37. The summed E-state index contributed by atoms with van der Waals surface area (Å²) >= 11 is 0. The van der Waals surface area contributed by atoms with E-state index in [0.29, 0.717) is 12.8 Å². The van der Waals surface area contributed by atoms with Gasteiger partial charge in [0.05, 0.1) is 43.7 Å². The molecule has 8 heteroatoms. The van der Waals surface area contributed by atoms with E-state index >= 15 is 0 Å². The van der Waals surface area contributed by atoms with Crippen LogP contribution in [-0.2, 0) is 18.9 Å². The Balaban J connectivity index is 1.46. The zero-order chi connectivity index (χ0) is 17.1. The van der Waals surface area contributed by atoms with Gasteiger partial charge in [0.2, 0.25) is 0 Å². The van der Waals surface area contributed by atoms with E-state index in [1.54, 1.807) is 0 Å². The van der Waals surface area contributed by atoms with Crippen LogP contribution in [0.15, 0.2) is 0 Å². The lowest BCUT2D eigenvalue weighted by Crippen LogP contribution is -2.50. The first-order valence-electron chi connectivity index (χ1n) is 8.85. The topological polar surface area (TPSA) is 124 Å². The Kier molecular flexibility index (Phi) is 6.44. The van der Waals surface area contributed by atoms with Gasteiger partial charge in [-0.15, -0.1) is 0 Å². The molecule has 3 aliphatic rings. The van der Waals surface area contributed by atoms with Crippen molar-refractivity contribution < 1.29 is 34.3 Å². The minimum absolute atomic E-state index is 0.0265. The molecule has 0 radical (unpaired) electrons. The maximum absolute atomic E-state index is 9.96. The Hall–Kier alpha value is -0.320. The van der Waals surface area contributed by atoms with Crippen molar-refractivity contribution in [3.05, 3.63) is 0 Å². The summed E-state index contributed by atoms with van der Waals surface area (Å²) in [6, 6.07) is -0.333. The van der Waals surface area contributed by atoms with Gasteiger partial charge in [-0.05, 0) is 25.7 Å². The number of nitrogens with two attached hydrogens (primary N) is 1. The van der Waals surface area contributed by atoms with Crippen LogP contribution >= 0.6 is 0 Å². The summed E-state index contributed by atoms with van der Waals surface area (Å²) in [4.78, 5) is 0. The van der Waals surface area contributed by atoms with Crippen LogP contribution in [0, 0.1) is 0 Å². The summed E-state index contributed by atoms with van der Waals surface area (Å²) in [5.74, 6) is 0. The molecule has 0 amide bonds. The van der Waals surface area contributed by atoms with Crippen molar-refractivity contribution in [2.24, 2.45) is 5.73 Å². The lowest BCUT2D eigenvalue weighted by atomic mass is 9.94. The van der Waals surface area contributed by atoms with Crippen LogP contribution in [-0.4, -0.2) is 77.7 Å². The molecule has 8 atom stereocenters. The number of aliphatic hydroxyl groups is 3. The van der Waals surface area contributed by atoms with Crippen LogP contribution in [0.2, 0.25) is 0 Å². The molecule has 1 saturated carbocycles. The van der Waals surface area contributed by atoms with Crippen molar-refractivity contribution in [1.82, 2.24) is 0 Å². The quantitative estimate of drug-likeness (QED) is 0.523. The first-order valence-corrected chi connectivity index (χ1v) is 8.85. The summed E-state index contributed by atoms with van der Waals surface area (Å²) < 4.78 is 22.7. The van der Waals surface area contributed by atoms with Crippen molar-refractivity contribution >= 4 is 0 Å². The molecule has 8 unspecified atom stereocenters. The molecule has 2 saturated heterocycles. The summed E-state index contributed by atoms with van der Waals surface area (Å²) in [7, 11) is 0. The highest BCUT2D eigenvalue weighted by atomic mass is 16.7. The highest BCUT2D eigenvalue weighted by Crippen LogP contribution is 2.29. The average Bonchev–Trinajstić information content (AvgIpc) is 2.53. The fourth-order valence-corrected chi connectivity index (χ4v) is 3.60. The first kappa shape index (κ1) is 18.5. The maximum atomic E-state index is 9.96. The number of aliphatic hydroxyl groups excluding tert-OH is 3. The fourth-order valence-electron chi connectivity index (χ4n) is 3.60. The van der Waals surface area contributed by atoms with Gasteiger partial charge >= 0.3 is 0 Å². The highest BCUT2D eigenvalue weighted by molar-refractivity contribution is 4.81. The SMILES string of the molecule is NC1CC(O)COC1OC1CCCC(OC2OCC(O)CC2O)C1. The number of ether oxygens (including phenoxy) is 4. The van der Waals surface area contributed by atoms with Gasteiger partial charge in [-0.25, -0.2) is 0 Å². The van der Waals surface area contributed by atoms with Crippen molar-refractivity contribution in [1.29, 1.82) is 0 Å². The van der Waals surface area contributed by atoms with Crippen LogP contribution in [0.25, 0.3) is 0 Å². The molecule has 0 aromatic carbocycles. The average molecular weight is 347 g/mol. The lowest BCUT2D eigenvalue weighted by Gasteiger charge is -2.38. The molecule has 0 aromatic rings. The van der Waals surface area contributed by atoms with Crippen molar-refractivity contribution in [2.45, 2.75) is 87.7 Å². The van der Waals surface area contributed by atoms with Crippen LogP contribution < -0.4 is 5.73 Å². The van der Waals surface area contributed by atoms with Crippen LogP contribution in [0.1, 0.15) is 38.5 Å². The molecule has 0 bridgehead atoms. The minimum Gasteiger partial charge on any atom is -0.391 e. The summed E-state index contributed by atoms with van der Waals surface area (Å²) in [6.07, 6.45) is 0.904. The van der Waals surface area contributed by atoms with E-state index in [2.05, 4.69) is 0 Å². The molecule has 140 valence electrons. The molecule has 3 fully saturated rings. The zero-order valence-electron chi connectivity index (χ0n) is 13.8. The lowest BCUT2D eigenvalue weighted by molar-refractivity contribution is -0.266. The Morgan fingerprint density at radius 3 is 2.00 bits per heavy atom. The predicted octanol–water partition coefficient (Wildman–Crippen LogP) is -0.766. The molecule has 0 spiro atoms. The summed E-state index contributed by atoms with van der Waals surface area (Å²) in [6.45, 7) is 0.427. The molecule has 1 aliphatic carbocycles. The van der Waals surface area contributed by atoms with Gasteiger partial charge in [0.1, 0.15) is 6.10 Å². The van der Waals surface area contributed by atoms with Crippen molar-refractivity contribution in [3.63, 3.8) is 0 Å². The van der Waals surface area contributed by atoms with Gasteiger partial charge in [0, 0.05) is 12.8 Å². The predicted molar refractivity (Wildman–Crippen MR) is 82.9 cm³/mol. The first-order chi connectivity index (χ1) is 11.5. The standard InChI is InChI=1S/C16H29NO7/c17-13-4-9(18)7-21-15(13)23-11-2-1-3-12(6-11)24-16-14(20)5-10(19)8-22-16/h9-16,18-20H,1-8,17H2. The van der Waals surface area contributed by atoms with Crippen molar-refractivity contribution in [3.8, 4) is 0 Å². The summed E-state index contributed by atoms with van der Waals surface area (Å²) in [5, 5.41) is 29.0. The third-order valence-electron chi connectivity index (χ3n) is 4.86. The monoisotopic (exact) mass is 347 g/mol. The van der Waals surface area contributed by atoms with Crippen LogP contribution in [0.3, 0.4) is 0 Å². The van der Waals surface area contributed by atoms with Gasteiger partial charge in [-0.2, -0.15) is 0 Å². The maximum Gasteiger partial charge on any atom is 0.183 e. The molecule has 8 nitrogen and oxygen atoms in total. The fraction of sp³-hybridized carbons (Fsp3) is 1.00. The van der Waals surface area contributed by atoms with E-state index < -0.39 is 30.9 Å². The molecule has 2 aliphatic heterocycles. The second-order valence-corrected chi connectivity index (χ2v) is 7.10. The van der Waals surface area contributed by atoms with E-state index in [1.165, 1.54) is 0 Å². The Bertz CT molecular complexity index is 365. The van der Waals surface area contributed by atoms with Gasteiger partial charge in [-0.1, -0.05) is 0 Å². The molecular formula is C16H29NO7. The van der Waals surface area contributed by atoms with E-state index in [1.807, 2.05) is 0 Å². The van der Waals surface area contributed by atoms with Gasteiger partial charge in [-0.3, -0.25) is 0 Å². The van der Waals surface area contributed by atoms with Crippen LogP contribution in [0.4, 0.5) is 0 Å². The van der Waals surface area contributed by atoms with E-state index in [4.69, 9.17) is 24.7 Å². The number of hydrogen-bond donors (Lipinski definition) is 4. The Labute approximate surface area is 141 Å². The molecule has 3 rings (SSSR count).